The second-order valence-electron chi connectivity index (χ2n) is 9.27. The van der Waals surface area contributed by atoms with Gasteiger partial charge in [-0.15, -0.1) is 0 Å². The Labute approximate surface area is 184 Å². The minimum absolute atomic E-state index is 0.00845. The molecule has 31 heavy (non-hydrogen) atoms. The molecule has 0 N–H and O–H groups in total. The van der Waals surface area contributed by atoms with Crippen molar-refractivity contribution in [3.05, 3.63) is 53.9 Å². The Balaban J connectivity index is 1.84. The molecule has 0 saturated heterocycles. The average molecular weight is 425 g/mol. The van der Waals surface area contributed by atoms with Gasteiger partial charge >= 0.3 is 0 Å². The molecule has 7 nitrogen and oxygen atoms in total. The van der Waals surface area contributed by atoms with Crippen molar-refractivity contribution in [3.63, 3.8) is 0 Å². The van der Waals surface area contributed by atoms with Crippen LogP contribution in [-0.2, 0) is 16.6 Å². The van der Waals surface area contributed by atoms with Crippen LogP contribution >= 0.6 is 0 Å². The Bertz CT molecular complexity index is 969. The van der Waals surface area contributed by atoms with E-state index in [4.69, 9.17) is 4.74 Å². The van der Waals surface area contributed by atoms with E-state index in [2.05, 4.69) is 5.10 Å². The van der Waals surface area contributed by atoms with Crippen molar-refractivity contribution in [1.82, 2.24) is 14.5 Å². The van der Waals surface area contributed by atoms with E-state index in [-0.39, 0.29) is 29.8 Å². The van der Waals surface area contributed by atoms with Gasteiger partial charge in [0.15, 0.2) is 0 Å². The highest BCUT2D eigenvalue weighted by atomic mass is 16.5. The number of aryl methyl sites for hydroxylation is 1. The predicted octanol–water partition coefficient (Wildman–Crippen LogP) is 3.61. The van der Waals surface area contributed by atoms with E-state index >= 15 is 0 Å². The van der Waals surface area contributed by atoms with Crippen molar-refractivity contribution >= 4 is 17.5 Å². The van der Waals surface area contributed by atoms with E-state index in [1.165, 1.54) is 9.91 Å². The van der Waals surface area contributed by atoms with Gasteiger partial charge in [-0.05, 0) is 35.2 Å². The molecule has 3 rings (SSSR count). The molecular weight excluding hydrogens is 392 g/mol. The molecule has 0 bridgehead atoms. The predicted molar refractivity (Wildman–Crippen MR) is 121 cm³/mol. The molecule has 2 amide bonds. The zero-order valence-electron chi connectivity index (χ0n) is 19.3. The minimum Gasteiger partial charge on any atom is -0.497 e. The first kappa shape index (κ1) is 22.6. The number of ether oxygens (including phenoxy) is 1. The van der Waals surface area contributed by atoms with Gasteiger partial charge in [0.25, 0.3) is 5.91 Å². The number of rotatable bonds is 6. The summed E-state index contributed by atoms with van der Waals surface area (Å²) in [6.07, 6.45) is 2.95. The van der Waals surface area contributed by atoms with Gasteiger partial charge in [-0.3, -0.25) is 9.59 Å². The molecule has 1 atom stereocenters. The van der Waals surface area contributed by atoms with Crippen molar-refractivity contribution < 1.29 is 14.3 Å². The SMILES string of the molecule is COc1ccc(C2CC(c3cccn3C)=NN2C(=O)CN(C)C(=O)CC(C)(C)C)cc1. The quantitative estimate of drug-likeness (QED) is 0.712. The molecule has 1 unspecified atom stereocenters. The van der Waals surface area contributed by atoms with E-state index in [1.54, 1.807) is 14.2 Å². The van der Waals surface area contributed by atoms with Gasteiger partial charge in [0.05, 0.1) is 24.6 Å². The average Bonchev–Trinajstić information content (AvgIpc) is 3.32. The highest BCUT2D eigenvalue weighted by Gasteiger charge is 2.34. The van der Waals surface area contributed by atoms with Crippen molar-refractivity contribution in [1.29, 1.82) is 0 Å². The highest BCUT2D eigenvalue weighted by molar-refractivity contribution is 6.02. The minimum atomic E-state index is -0.227. The smallest absolute Gasteiger partial charge is 0.262 e. The van der Waals surface area contributed by atoms with Gasteiger partial charge in [0.1, 0.15) is 12.3 Å². The Kier molecular flexibility index (Phi) is 6.53. The molecule has 7 heteroatoms. The first-order chi connectivity index (χ1) is 14.6. The number of nitrogens with zero attached hydrogens (tertiary/aromatic N) is 4. The first-order valence-corrected chi connectivity index (χ1v) is 10.5. The third kappa shape index (κ3) is 5.34. The lowest BCUT2D eigenvalue weighted by atomic mass is 9.92. The first-order valence-electron chi connectivity index (χ1n) is 10.5. The number of benzene rings is 1. The molecular formula is C24H32N4O3. The Morgan fingerprint density at radius 3 is 2.42 bits per heavy atom. The van der Waals surface area contributed by atoms with Gasteiger partial charge in [-0.2, -0.15) is 5.10 Å². The molecule has 1 aromatic carbocycles. The molecule has 0 fully saturated rings. The molecule has 1 aliphatic rings. The van der Waals surface area contributed by atoms with Crippen molar-refractivity contribution in [2.24, 2.45) is 17.6 Å². The number of aromatic nitrogens is 1. The summed E-state index contributed by atoms with van der Waals surface area (Å²) in [6.45, 7) is 6.02. The number of hydrogen-bond acceptors (Lipinski definition) is 4. The molecule has 0 radical (unpaired) electrons. The molecule has 166 valence electrons. The number of carbonyl (C=O) groups excluding carboxylic acids is 2. The van der Waals surface area contributed by atoms with Crippen LogP contribution in [-0.4, -0.2) is 52.7 Å². The maximum atomic E-state index is 13.2. The summed E-state index contributed by atoms with van der Waals surface area (Å²) in [5, 5.41) is 6.22. The molecule has 2 heterocycles. The van der Waals surface area contributed by atoms with Crippen molar-refractivity contribution in [2.75, 3.05) is 20.7 Å². The van der Waals surface area contributed by atoms with Crippen LogP contribution in [0.15, 0.2) is 47.7 Å². The third-order valence-corrected chi connectivity index (χ3v) is 5.39. The number of methoxy groups -OCH3 is 1. The summed E-state index contributed by atoms with van der Waals surface area (Å²) in [7, 11) is 5.26. The van der Waals surface area contributed by atoms with Crippen LogP contribution in [0.5, 0.6) is 5.75 Å². The lowest BCUT2D eigenvalue weighted by Gasteiger charge is -2.26. The molecule has 0 spiro atoms. The highest BCUT2D eigenvalue weighted by Crippen LogP contribution is 2.33. The van der Waals surface area contributed by atoms with Crippen molar-refractivity contribution in [2.45, 2.75) is 39.7 Å². The maximum Gasteiger partial charge on any atom is 0.262 e. The third-order valence-electron chi connectivity index (χ3n) is 5.39. The van der Waals surface area contributed by atoms with Crippen LogP contribution in [0.25, 0.3) is 0 Å². The van der Waals surface area contributed by atoms with E-state index in [0.29, 0.717) is 12.8 Å². The normalized spacial score (nSPS) is 16.3. The summed E-state index contributed by atoms with van der Waals surface area (Å²) in [4.78, 5) is 27.2. The molecule has 1 aliphatic heterocycles. The molecule has 0 aliphatic carbocycles. The summed E-state index contributed by atoms with van der Waals surface area (Å²) in [5.74, 6) is 0.512. The second-order valence-corrected chi connectivity index (χ2v) is 9.27. The number of carbonyl (C=O) groups is 2. The summed E-state index contributed by atoms with van der Waals surface area (Å²) in [6, 6.07) is 11.4. The van der Waals surface area contributed by atoms with E-state index in [0.717, 1.165) is 22.7 Å². The largest absolute Gasteiger partial charge is 0.497 e. The molecule has 0 saturated carbocycles. The monoisotopic (exact) mass is 424 g/mol. The Morgan fingerprint density at radius 2 is 1.87 bits per heavy atom. The topological polar surface area (TPSA) is 67.1 Å². The molecule has 2 aromatic rings. The van der Waals surface area contributed by atoms with Crippen LogP contribution in [0.3, 0.4) is 0 Å². The van der Waals surface area contributed by atoms with Gasteiger partial charge in [0, 0.05) is 33.1 Å². The number of hydrogen-bond donors (Lipinski definition) is 0. The fourth-order valence-corrected chi connectivity index (χ4v) is 3.69. The van der Waals surface area contributed by atoms with Crippen LogP contribution in [0.4, 0.5) is 0 Å². The van der Waals surface area contributed by atoms with Gasteiger partial charge in [-0.1, -0.05) is 32.9 Å². The van der Waals surface area contributed by atoms with Crippen LogP contribution < -0.4 is 4.74 Å². The van der Waals surface area contributed by atoms with E-state index in [9.17, 15) is 9.59 Å². The fraction of sp³-hybridized carbons (Fsp3) is 0.458. The lowest BCUT2D eigenvalue weighted by Crippen LogP contribution is -2.40. The fourth-order valence-electron chi connectivity index (χ4n) is 3.69. The second kappa shape index (κ2) is 8.96. The zero-order valence-corrected chi connectivity index (χ0v) is 19.3. The van der Waals surface area contributed by atoms with E-state index in [1.807, 2.05) is 75.0 Å². The van der Waals surface area contributed by atoms with Gasteiger partial charge in [-0.25, -0.2) is 5.01 Å². The summed E-state index contributed by atoms with van der Waals surface area (Å²) < 4.78 is 7.26. The Hall–Kier alpha value is -3.09. The number of hydrazone groups is 1. The standard InChI is InChI=1S/C24H32N4O3/c1-24(2,3)15-22(29)27(5)16-23(30)28-21(17-9-11-18(31-6)12-10-17)14-19(25-28)20-8-7-13-26(20)4/h7-13,21H,14-16H2,1-6H3. The van der Waals surface area contributed by atoms with Crippen LogP contribution in [0, 0.1) is 5.41 Å². The molecule has 1 aromatic heterocycles. The maximum absolute atomic E-state index is 13.2. The lowest BCUT2D eigenvalue weighted by molar-refractivity contribution is -0.141. The zero-order chi connectivity index (χ0) is 22.8. The van der Waals surface area contributed by atoms with Crippen LogP contribution in [0.1, 0.15) is 50.9 Å². The summed E-state index contributed by atoms with van der Waals surface area (Å²) >= 11 is 0. The van der Waals surface area contributed by atoms with Gasteiger partial charge in [0.2, 0.25) is 5.91 Å². The van der Waals surface area contributed by atoms with Gasteiger partial charge < -0.3 is 14.2 Å². The van der Waals surface area contributed by atoms with Crippen LogP contribution in [0.2, 0.25) is 0 Å². The van der Waals surface area contributed by atoms with Crippen molar-refractivity contribution in [3.8, 4) is 5.75 Å². The van der Waals surface area contributed by atoms with E-state index < -0.39 is 0 Å². The Morgan fingerprint density at radius 1 is 1.19 bits per heavy atom. The number of likely N-dealkylation sites (N-methyl/N-ethyl adjacent to an activating group) is 1. The number of amides is 2. The summed E-state index contributed by atoms with van der Waals surface area (Å²) in [5.41, 5.74) is 2.67.